The van der Waals surface area contributed by atoms with Crippen LogP contribution in [0, 0.1) is 0 Å². The predicted octanol–water partition coefficient (Wildman–Crippen LogP) is 16.8. The second-order valence-corrected chi connectivity index (χ2v) is 17.2. The first-order valence-corrected chi connectivity index (χ1v) is 21.3. The van der Waals surface area contributed by atoms with Gasteiger partial charge in [0.05, 0.1) is 5.69 Å². The van der Waals surface area contributed by atoms with Crippen molar-refractivity contribution in [2.45, 2.75) is 19.3 Å². The van der Waals surface area contributed by atoms with Crippen molar-refractivity contribution in [1.82, 2.24) is 0 Å². The summed E-state index contributed by atoms with van der Waals surface area (Å²) < 4.78 is 7.25. The summed E-state index contributed by atoms with van der Waals surface area (Å²) in [5.74, 6) is 0. The van der Waals surface area contributed by atoms with Gasteiger partial charge >= 0.3 is 0 Å². The molecule has 1 aromatic heterocycles. The molecule has 0 unspecified atom stereocenters. The van der Waals surface area contributed by atoms with Gasteiger partial charge in [0.1, 0.15) is 11.2 Å². The molecule has 0 spiro atoms. The first-order valence-electron chi connectivity index (χ1n) is 21.3. The monoisotopic (exact) mass is 777 g/mol. The summed E-state index contributed by atoms with van der Waals surface area (Å²) in [4.78, 5) is 2.45. The Balaban J connectivity index is 1.09. The molecule has 0 saturated carbocycles. The zero-order chi connectivity index (χ0) is 40.4. The second kappa shape index (κ2) is 12.7. The Morgan fingerprint density at radius 1 is 0.361 bits per heavy atom. The van der Waals surface area contributed by atoms with E-state index in [0.29, 0.717) is 0 Å². The standard InChI is InChI=1S/C59H39NO/c1-59(2)53-26-14-13-24-47(53)48-29-27-39(34-54(48)59)60(55-33-38-17-4-7-19-42(38)45-22-11-12-25-49(45)55)40-28-30-50-52-32-37-16-5-8-20-43(37)57(58(52)61-56(50)35-40)51-31-36-15-3-6-18-41(36)44-21-9-10-23-46(44)51/h3-35H,1-2H3. The normalized spacial score (nSPS) is 13.2. The van der Waals surface area contributed by atoms with Gasteiger partial charge in [-0.1, -0.05) is 166 Å². The van der Waals surface area contributed by atoms with E-state index in [1.165, 1.54) is 81.7 Å². The fraction of sp³-hybridized carbons (Fsp3) is 0.0508. The van der Waals surface area contributed by atoms with Gasteiger partial charge in [0.15, 0.2) is 0 Å². The quantitative estimate of drug-likeness (QED) is 0.166. The van der Waals surface area contributed by atoms with Crippen molar-refractivity contribution in [2.75, 3.05) is 4.90 Å². The minimum atomic E-state index is -0.146. The molecule has 0 radical (unpaired) electrons. The maximum Gasteiger partial charge on any atom is 0.143 e. The van der Waals surface area contributed by atoms with Crippen molar-refractivity contribution >= 4 is 92.9 Å². The molecule has 286 valence electrons. The van der Waals surface area contributed by atoms with Crippen LogP contribution in [0.5, 0.6) is 0 Å². The van der Waals surface area contributed by atoms with E-state index >= 15 is 0 Å². The Morgan fingerprint density at radius 3 is 1.66 bits per heavy atom. The number of hydrogen-bond donors (Lipinski definition) is 0. The van der Waals surface area contributed by atoms with Gasteiger partial charge in [0, 0.05) is 44.6 Å². The average molecular weight is 778 g/mol. The summed E-state index contributed by atoms with van der Waals surface area (Å²) in [6.45, 7) is 4.72. The maximum absolute atomic E-state index is 7.25. The van der Waals surface area contributed by atoms with Crippen LogP contribution in [-0.2, 0) is 5.41 Å². The van der Waals surface area contributed by atoms with E-state index in [9.17, 15) is 0 Å². The Hall–Kier alpha value is -7.68. The molecule has 61 heavy (non-hydrogen) atoms. The van der Waals surface area contributed by atoms with Gasteiger partial charge in [0.25, 0.3) is 0 Å². The molecule has 1 aliphatic rings. The van der Waals surface area contributed by atoms with E-state index in [1.54, 1.807) is 0 Å². The summed E-state index contributed by atoms with van der Waals surface area (Å²) in [6.07, 6.45) is 0. The number of furan rings is 1. The van der Waals surface area contributed by atoms with E-state index in [0.717, 1.165) is 44.6 Å². The van der Waals surface area contributed by atoms with Crippen LogP contribution in [0.25, 0.3) is 98.1 Å². The molecule has 2 heteroatoms. The van der Waals surface area contributed by atoms with Crippen LogP contribution in [0.1, 0.15) is 25.0 Å². The third-order valence-electron chi connectivity index (χ3n) is 13.6. The van der Waals surface area contributed by atoms with Crippen molar-refractivity contribution < 1.29 is 4.42 Å². The predicted molar refractivity (Wildman–Crippen MR) is 259 cm³/mol. The Labute approximate surface area is 353 Å². The van der Waals surface area contributed by atoms with Crippen LogP contribution in [0.4, 0.5) is 17.1 Å². The lowest BCUT2D eigenvalue weighted by molar-refractivity contribution is 0.660. The second-order valence-electron chi connectivity index (χ2n) is 17.2. The van der Waals surface area contributed by atoms with Crippen LogP contribution in [-0.4, -0.2) is 0 Å². The van der Waals surface area contributed by atoms with E-state index in [2.05, 4.69) is 219 Å². The van der Waals surface area contributed by atoms with Crippen LogP contribution in [0.15, 0.2) is 205 Å². The van der Waals surface area contributed by atoms with E-state index < -0.39 is 0 Å². The number of anilines is 3. The zero-order valence-electron chi connectivity index (χ0n) is 33.9. The lowest BCUT2D eigenvalue weighted by Crippen LogP contribution is -2.16. The maximum atomic E-state index is 7.25. The third kappa shape index (κ3) is 4.91. The molecule has 0 aliphatic heterocycles. The van der Waals surface area contributed by atoms with Crippen molar-refractivity contribution in [3.63, 3.8) is 0 Å². The first-order chi connectivity index (χ1) is 30.0. The number of fused-ring (bicyclic) bond motifs is 13. The molecule has 0 atom stereocenters. The number of rotatable bonds is 4. The summed E-state index contributed by atoms with van der Waals surface area (Å²) in [5, 5.41) is 14.4. The molecule has 0 N–H and O–H groups in total. The van der Waals surface area contributed by atoms with Crippen molar-refractivity contribution in [3.8, 4) is 22.3 Å². The molecule has 0 saturated heterocycles. The van der Waals surface area contributed by atoms with E-state index in [-0.39, 0.29) is 5.41 Å². The molecule has 13 rings (SSSR count). The molecule has 0 bridgehead atoms. The molecule has 2 nitrogen and oxygen atoms in total. The lowest BCUT2D eigenvalue weighted by atomic mass is 9.82. The van der Waals surface area contributed by atoms with Crippen LogP contribution < -0.4 is 4.90 Å². The number of hydrogen-bond acceptors (Lipinski definition) is 2. The topological polar surface area (TPSA) is 16.4 Å². The van der Waals surface area contributed by atoms with Crippen molar-refractivity contribution in [3.05, 3.63) is 211 Å². The summed E-state index contributed by atoms with van der Waals surface area (Å²) in [6, 6.07) is 73.7. The van der Waals surface area contributed by atoms with Crippen molar-refractivity contribution in [1.29, 1.82) is 0 Å². The fourth-order valence-electron chi connectivity index (χ4n) is 10.7. The molecule has 1 heterocycles. The lowest BCUT2D eigenvalue weighted by Gasteiger charge is -2.29. The Morgan fingerprint density at radius 2 is 0.902 bits per heavy atom. The highest BCUT2D eigenvalue weighted by Gasteiger charge is 2.36. The highest BCUT2D eigenvalue weighted by Crippen LogP contribution is 2.52. The molecular weight excluding hydrogens is 739 g/mol. The van der Waals surface area contributed by atoms with Crippen LogP contribution >= 0.6 is 0 Å². The van der Waals surface area contributed by atoms with Gasteiger partial charge in [-0.15, -0.1) is 0 Å². The van der Waals surface area contributed by atoms with Gasteiger partial charge in [-0.3, -0.25) is 0 Å². The Bertz CT molecular complexity index is 3810. The minimum Gasteiger partial charge on any atom is -0.455 e. The smallest absolute Gasteiger partial charge is 0.143 e. The van der Waals surface area contributed by atoms with Crippen LogP contribution in [0.3, 0.4) is 0 Å². The minimum absolute atomic E-state index is 0.146. The molecule has 12 aromatic rings. The summed E-state index contributed by atoms with van der Waals surface area (Å²) in [7, 11) is 0. The fourth-order valence-corrected chi connectivity index (χ4v) is 10.7. The molecule has 11 aromatic carbocycles. The molecule has 1 aliphatic carbocycles. The van der Waals surface area contributed by atoms with E-state index in [1.807, 2.05) is 0 Å². The van der Waals surface area contributed by atoms with Gasteiger partial charge in [0.2, 0.25) is 0 Å². The highest BCUT2D eigenvalue weighted by atomic mass is 16.3. The molecular formula is C59H39NO. The Kier molecular flexibility index (Phi) is 7.10. The van der Waals surface area contributed by atoms with E-state index in [4.69, 9.17) is 4.42 Å². The van der Waals surface area contributed by atoms with Gasteiger partial charge in [-0.25, -0.2) is 0 Å². The number of benzene rings is 11. The summed E-state index contributed by atoms with van der Waals surface area (Å²) in [5.41, 5.74) is 12.6. The highest BCUT2D eigenvalue weighted by molar-refractivity contribution is 6.24. The van der Waals surface area contributed by atoms with Crippen molar-refractivity contribution in [2.24, 2.45) is 0 Å². The first kappa shape index (κ1) is 34.2. The number of nitrogens with zero attached hydrogens (tertiary/aromatic N) is 1. The van der Waals surface area contributed by atoms with Gasteiger partial charge < -0.3 is 9.32 Å². The average Bonchev–Trinajstić information content (AvgIpc) is 3.78. The van der Waals surface area contributed by atoms with Gasteiger partial charge in [-0.2, -0.15) is 0 Å². The molecule has 0 amide bonds. The van der Waals surface area contributed by atoms with Gasteiger partial charge in [-0.05, 0) is 119 Å². The SMILES string of the molecule is CC1(C)c2ccccc2-c2ccc(N(c3ccc4c(c3)oc3c(-c5cc6ccccc6c6ccccc56)c5ccccc5cc34)c3cc4ccccc4c4ccccc34)cc21. The third-order valence-corrected chi connectivity index (χ3v) is 13.6. The zero-order valence-corrected chi connectivity index (χ0v) is 33.9. The van der Waals surface area contributed by atoms with Crippen LogP contribution in [0.2, 0.25) is 0 Å². The largest absolute Gasteiger partial charge is 0.455 e. The molecule has 0 fully saturated rings. The summed E-state index contributed by atoms with van der Waals surface area (Å²) >= 11 is 0.